The smallest absolute Gasteiger partial charge is 0.174 e. The van der Waals surface area contributed by atoms with E-state index in [1.807, 2.05) is 0 Å². The highest BCUT2D eigenvalue weighted by Crippen LogP contribution is 2.42. The summed E-state index contributed by atoms with van der Waals surface area (Å²) in [6.07, 6.45) is 4.28. The Kier molecular flexibility index (Phi) is 2.86. The molecule has 0 fully saturated rings. The molecular weight excluding hydrogens is 194 g/mol. The first-order valence-corrected chi connectivity index (χ1v) is 6.27. The monoisotopic (exact) mass is 211 g/mol. The lowest BCUT2D eigenvalue weighted by Gasteiger charge is -2.25. The number of carbonyl (C=O) groups excluding carboxylic acids is 1. The summed E-state index contributed by atoms with van der Waals surface area (Å²) in [4.78, 5) is 14.2. The van der Waals surface area contributed by atoms with Gasteiger partial charge in [0.2, 0.25) is 0 Å². The van der Waals surface area contributed by atoms with Crippen molar-refractivity contribution in [1.29, 1.82) is 0 Å². The maximum absolute atomic E-state index is 12.0. The van der Waals surface area contributed by atoms with E-state index in [1.54, 1.807) is 11.8 Å². The van der Waals surface area contributed by atoms with Crippen molar-refractivity contribution in [2.75, 3.05) is 13.6 Å². The molecule has 2 rings (SSSR count). The summed E-state index contributed by atoms with van der Waals surface area (Å²) >= 11 is 1.79. The largest absolute Gasteiger partial charge is 0.369 e. The minimum atomic E-state index is 0.227. The Bertz CT molecular complexity index is 285. The first-order valence-electron chi connectivity index (χ1n) is 5.39. The average molecular weight is 211 g/mol. The molecule has 0 saturated heterocycles. The van der Waals surface area contributed by atoms with E-state index in [4.69, 9.17) is 0 Å². The lowest BCUT2D eigenvalue weighted by atomic mass is 10.00. The third-order valence-corrected chi connectivity index (χ3v) is 4.44. The normalized spacial score (nSPS) is 27.1. The van der Waals surface area contributed by atoms with Gasteiger partial charge in [-0.1, -0.05) is 25.1 Å². The molecule has 2 nitrogen and oxygen atoms in total. The molecule has 0 aliphatic carbocycles. The molecular formula is C11H17NOS. The number of Topliss-reactive ketones (excluding diaryl/α,β-unsaturated/α-hetero) is 1. The summed E-state index contributed by atoms with van der Waals surface area (Å²) in [5.74, 6) is 0.415. The number of hydrogen-bond donors (Lipinski definition) is 0. The molecule has 0 saturated carbocycles. The number of rotatable bonds is 2. The molecule has 0 bridgehead atoms. The molecule has 1 unspecified atom stereocenters. The maximum atomic E-state index is 12.0. The quantitative estimate of drug-likeness (QED) is 0.699. The van der Waals surface area contributed by atoms with Gasteiger partial charge in [-0.2, -0.15) is 0 Å². The summed E-state index contributed by atoms with van der Waals surface area (Å²) in [6.45, 7) is 3.26. The van der Waals surface area contributed by atoms with Gasteiger partial charge in [-0.3, -0.25) is 4.79 Å². The van der Waals surface area contributed by atoms with Crippen LogP contribution in [0.15, 0.2) is 10.6 Å². The van der Waals surface area contributed by atoms with Crippen LogP contribution in [0.1, 0.15) is 32.6 Å². The van der Waals surface area contributed by atoms with Crippen molar-refractivity contribution in [2.24, 2.45) is 0 Å². The summed E-state index contributed by atoms with van der Waals surface area (Å²) in [5, 5.41) is 1.49. The van der Waals surface area contributed by atoms with E-state index in [9.17, 15) is 4.79 Å². The first-order chi connectivity index (χ1) is 6.74. The molecule has 2 heterocycles. The van der Waals surface area contributed by atoms with Crippen molar-refractivity contribution < 1.29 is 4.79 Å². The minimum Gasteiger partial charge on any atom is -0.369 e. The Morgan fingerprint density at radius 2 is 2.36 bits per heavy atom. The Balaban J connectivity index is 2.16. The van der Waals surface area contributed by atoms with Gasteiger partial charge in [0.25, 0.3) is 0 Å². The summed E-state index contributed by atoms with van der Waals surface area (Å²) in [6, 6.07) is 0. The van der Waals surface area contributed by atoms with Crippen LogP contribution in [0.4, 0.5) is 0 Å². The Morgan fingerprint density at radius 3 is 3.00 bits per heavy atom. The van der Waals surface area contributed by atoms with Gasteiger partial charge >= 0.3 is 0 Å². The van der Waals surface area contributed by atoms with Gasteiger partial charge in [0.1, 0.15) is 0 Å². The van der Waals surface area contributed by atoms with Crippen molar-refractivity contribution in [3.8, 4) is 0 Å². The molecule has 0 N–H and O–H groups in total. The second-order valence-corrected chi connectivity index (χ2v) is 5.26. The fourth-order valence-corrected chi connectivity index (χ4v) is 3.64. The molecule has 78 valence electrons. The third-order valence-electron chi connectivity index (χ3n) is 2.92. The molecule has 2 aliphatic heterocycles. The number of carbonyl (C=O) groups is 1. The van der Waals surface area contributed by atoms with E-state index >= 15 is 0 Å². The van der Waals surface area contributed by atoms with E-state index in [1.165, 1.54) is 5.03 Å². The molecule has 14 heavy (non-hydrogen) atoms. The molecule has 0 aromatic heterocycles. The van der Waals surface area contributed by atoms with Crippen LogP contribution in [0.25, 0.3) is 0 Å². The lowest BCUT2D eigenvalue weighted by molar-refractivity contribution is -0.115. The second-order valence-electron chi connectivity index (χ2n) is 4.07. The predicted octanol–water partition coefficient (Wildman–Crippen LogP) is 2.41. The van der Waals surface area contributed by atoms with E-state index in [0.717, 1.165) is 37.8 Å². The molecule has 0 aromatic carbocycles. The summed E-state index contributed by atoms with van der Waals surface area (Å²) in [5.41, 5.74) is 1.11. The molecule has 0 spiro atoms. The second kappa shape index (κ2) is 3.97. The number of thioether (sulfide) groups is 1. The van der Waals surface area contributed by atoms with Gasteiger partial charge in [0.05, 0.1) is 10.3 Å². The summed E-state index contributed by atoms with van der Waals surface area (Å²) < 4.78 is 0. The van der Waals surface area contributed by atoms with Crippen molar-refractivity contribution in [3.05, 3.63) is 10.6 Å². The lowest BCUT2D eigenvalue weighted by Crippen LogP contribution is -2.22. The fourth-order valence-electron chi connectivity index (χ4n) is 2.16. The molecule has 0 aromatic rings. The topological polar surface area (TPSA) is 20.3 Å². The van der Waals surface area contributed by atoms with Crippen LogP contribution in [0.3, 0.4) is 0 Å². The fraction of sp³-hybridized carbons (Fsp3) is 0.727. The van der Waals surface area contributed by atoms with Crippen LogP contribution in [-0.4, -0.2) is 29.5 Å². The van der Waals surface area contributed by atoms with Crippen molar-refractivity contribution in [1.82, 2.24) is 4.90 Å². The Hall–Kier alpha value is -0.440. The van der Waals surface area contributed by atoms with E-state index in [-0.39, 0.29) is 5.25 Å². The molecule has 1 atom stereocenters. The minimum absolute atomic E-state index is 0.227. The standard InChI is InChI=1S/C11H17NOS/c1-3-5-9-10(13)8-6-4-7-12(2)11(8)14-9/h9H,3-7H2,1-2H3. The highest BCUT2D eigenvalue weighted by molar-refractivity contribution is 8.04. The van der Waals surface area contributed by atoms with Crippen LogP contribution >= 0.6 is 11.8 Å². The van der Waals surface area contributed by atoms with Gasteiger partial charge < -0.3 is 4.90 Å². The van der Waals surface area contributed by atoms with E-state index < -0.39 is 0 Å². The Morgan fingerprint density at radius 1 is 1.57 bits per heavy atom. The molecule has 0 radical (unpaired) electrons. The number of nitrogens with zero attached hydrogens (tertiary/aromatic N) is 1. The SMILES string of the molecule is CCCC1SC2=C(CCCN2C)C1=O. The van der Waals surface area contributed by atoms with Crippen molar-refractivity contribution >= 4 is 17.5 Å². The van der Waals surface area contributed by atoms with E-state index in [2.05, 4.69) is 18.9 Å². The van der Waals surface area contributed by atoms with Crippen molar-refractivity contribution in [3.63, 3.8) is 0 Å². The van der Waals surface area contributed by atoms with Crippen LogP contribution in [-0.2, 0) is 4.79 Å². The number of allylic oxidation sites excluding steroid dienone is 1. The summed E-state index contributed by atoms with van der Waals surface area (Å²) in [7, 11) is 2.10. The van der Waals surface area contributed by atoms with Crippen LogP contribution in [0, 0.1) is 0 Å². The molecule has 0 amide bonds. The third kappa shape index (κ3) is 1.58. The number of hydrogen-bond acceptors (Lipinski definition) is 3. The van der Waals surface area contributed by atoms with Crippen LogP contribution in [0.5, 0.6) is 0 Å². The molecule has 2 aliphatic rings. The zero-order valence-corrected chi connectivity index (χ0v) is 9.69. The average Bonchev–Trinajstić information content (AvgIpc) is 2.48. The van der Waals surface area contributed by atoms with Crippen LogP contribution < -0.4 is 0 Å². The van der Waals surface area contributed by atoms with Gasteiger partial charge in [-0.05, 0) is 19.3 Å². The molecule has 3 heteroatoms. The number of ketones is 1. The van der Waals surface area contributed by atoms with Gasteiger partial charge in [0.15, 0.2) is 5.78 Å². The Labute approximate surface area is 89.7 Å². The highest BCUT2D eigenvalue weighted by Gasteiger charge is 2.36. The first kappa shape index (κ1) is 10.1. The zero-order valence-electron chi connectivity index (χ0n) is 8.88. The van der Waals surface area contributed by atoms with Gasteiger partial charge in [-0.25, -0.2) is 0 Å². The van der Waals surface area contributed by atoms with Crippen LogP contribution in [0.2, 0.25) is 0 Å². The van der Waals surface area contributed by atoms with E-state index in [0.29, 0.717) is 5.78 Å². The van der Waals surface area contributed by atoms with Gasteiger partial charge in [-0.15, -0.1) is 0 Å². The zero-order chi connectivity index (χ0) is 10.1. The highest BCUT2D eigenvalue weighted by atomic mass is 32.2. The maximum Gasteiger partial charge on any atom is 0.174 e. The predicted molar refractivity (Wildman–Crippen MR) is 60.2 cm³/mol. The van der Waals surface area contributed by atoms with Crippen molar-refractivity contribution in [2.45, 2.75) is 37.9 Å². The van der Waals surface area contributed by atoms with Gasteiger partial charge in [0, 0.05) is 19.2 Å².